The first kappa shape index (κ1) is 13.8. The van der Waals surface area contributed by atoms with Crippen LogP contribution >= 0.6 is 0 Å². The van der Waals surface area contributed by atoms with Crippen LogP contribution in [-0.2, 0) is 13.1 Å². The van der Waals surface area contributed by atoms with Gasteiger partial charge in [0.15, 0.2) is 0 Å². The number of nitriles is 1. The van der Waals surface area contributed by atoms with E-state index in [0.29, 0.717) is 24.4 Å². The summed E-state index contributed by atoms with van der Waals surface area (Å²) < 4.78 is 5.11. The van der Waals surface area contributed by atoms with Crippen molar-refractivity contribution in [1.29, 1.82) is 5.26 Å². The van der Waals surface area contributed by atoms with Gasteiger partial charge in [-0.25, -0.2) is 0 Å². The maximum Gasteiger partial charge on any atom is 0.433 e. The van der Waals surface area contributed by atoms with Crippen LogP contribution in [0, 0.1) is 21.4 Å². The van der Waals surface area contributed by atoms with Crippen molar-refractivity contribution in [2.45, 2.75) is 13.1 Å². The molecule has 0 saturated carbocycles. The highest BCUT2D eigenvalue weighted by Gasteiger charge is 2.13. The lowest BCUT2D eigenvalue weighted by atomic mass is 10.1. The second-order valence-electron chi connectivity index (χ2n) is 4.48. The van der Waals surface area contributed by atoms with Crippen molar-refractivity contribution in [2.24, 2.45) is 0 Å². The molecule has 1 aromatic heterocycles. The maximum atomic E-state index is 10.5. The monoisotopic (exact) mass is 271 g/mol. The molecule has 0 amide bonds. The molecule has 0 radical (unpaired) electrons. The summed E-state index contributed by atoms with van der Waals surface area (Å²) in [6, 6.07) is 12.4. The molecule has 0 aliphatic carbocycles. The highest BCUT2D eigenvalue weighted by Crippen LogP contribution is 2.17. The first-order chi connectivity index (χ1) is 9.58. The lowest BCUT2D eigenvalue weighted by Gasteiger charge is -2.15. The van der Waals surface area contributed by atoms with Crippen LogP contribution in [0.2, 0.25) is 0 Å². The summed E-state index contributed by atoms with van der Waals surface area (Å²) in [6.45, 7) is 1.09. The van der Waals surface area contributed by atoms with Crippen LogP contribution < -0.4 is 0 Å². The van der Waals surface area contributed by atoms with Crippen molar-refractivity contribution in [3.05, 3.63) is 63.4 Å². The first-order valence-corrected chi connectivity index (χ1v) is 5.99. The van der Waals surface area contributed by atoms with E-state index in [1.165, 1.54) is 6.07 Å². The molecule has 2 rings (SSSR count). The Morgan fingerprint density at radius 2 is 2.15 bits per heavy atom. The Morgan fingerprint density at radius 1 is 1.35 bits per heavy atom. The van der Waals surface area contributed by atoms with Crippen LogP contribution in [0.1, 0.15) is 16.9 Å². The number of furan rings is 1. The summed E-state index contributed by atoms with van der Waals surface area (Å²) in [4.78, 5) is 11.9. The van der Waals surface area contributed by atoms with Crippen LogP contribution in [0.4, 0.5) is 5.88 Å². The normalized spacial score (nSPS) is 10.4. The summed E-state index contributed by atoms with van der Waals surface area (Å²) >= 11 is 0. The van der Waals surface area contributed by atoms with Gasteiger partial charge in [0.1, 0.15) is 10.7 Å². The third-order valence-electron chi connectivity index (χ3n) is 2.76. The van der Waals surface area contributed by atoms with Crippen molar-refractivity contribution in [2.75, 3.05) is 7.05 Å². The molecule has 0 N–H and O–H groups in total. The molecule has 0 saturated heterocycles. The van der Waals surface area contributed by atoms with Crippen molar-refractivity contribution >= 4 is 5.88 Å². The largest absolute Gasteiger partial charge is 0.433 e. The highest BCUT2D eigenvalue weighted by molar-refractivity contribution is 5.32. The lowest BCUT2D eigenvalue weighted by molar-refractivity contribution is -0.402. The van der Waals surface area contributed by atoms with Crippen LogP contribution in [0.3, 0.4) is 0 Å². The molecule has 0 aliphatic heterocycles. The molecule has 6 heteroatoms. The van der Waals surface area contributed by atoms with Gasteiger partial charge in [-0.3, -0.25) is 15.0 Å². The fourth-order valence-electron chi connectivity index (χ4n) is 1.92. The van der Waals surface area contributed by atoms with Crippen LogP contribution in [0.15, 0.2) is 40.8 Å². The molecule has 0 atom stereocenters. The fourth-order valence-corrected chi connectivity index (χ4v) is 1.92. The third kappa shape index (κ3) is 3.43. The number of benzene rings is 1. The van der Waals surface area contributed by atoms with Crippen LogP contribution in [0.25, 0.3) is 0 Å². The molecule has 102 valence electrons. The Bertz CT molecular complexity index is 658. The van der Waals surface area contributed by atoms with E-state index in [0.717, 1.165) is 5.56 Å². The van der Waals surface area contributed by atoms with E-state index in [4.69, 9.17) is 9.68 Å². The zero-order chi connectivity index (χ0) is 14.5. The molecule has 6 nitrogen and oxygen atoms in total. The van der Waals surface area contributed by atoms with Crippen molar-refractivity contribution in [3.8, 4) is 6.07 Å². The minimum absolute atomic E-state index is 0.250. The molecular weight excluding hydrogens is 258 g/mol. The van der Waals surface area contributed by atoms with Gasteiger partial charge in [-0.05, 0) is 30.8 Å². The Kier molecular flexibility index (Phi) is 4.13. The summed E-state index contributed by atoms with van der Waals surface area (Å²) in [5.41, 5.74) is 1.62. The van der Waals surface area contributed by atoms with Gasteiger partial charge in [0, 0.05) is 6.54 Å². The molecule has 1 aromatic carbocycles. The summed E-state index contributed by atoms with van der Waals surface area (Å²) in [7, 11) is 1.88. The van der Waals surface area contributed by atoms with Gasteiger partial charge in [0.2, 0.25) is 0 Å². The van der Waals surface area contributed by atoms with E-state index in [1.807, 2.05) is 30.1 Å². The van der Waals surface area contributed by atoms with Gasteiger partial charge in [-0.15, -0.1) is 0 Å². The van der Waals surface area contributed by atoms with Crippen molar-refractivity contribution < 1.29 is 9.34 Å². The summed E-state index contributed by atoms with van der Waals surface area (Å²) in [5, 5.41) is 19.4. The predicted molar refractivity (Wildman–Crippen MR) is 71.7 cm³/mol. The molecule has 0 unspecified atom stereocenters. The first-order valence-electron chi connectivity index (χ1n) is 5.99. The molecule has 0 aliphatic rings. The topological polar surface area (TPSA) is 83.3 Å². The quantitative estimate of drug-likeness (QED) is 0.616. The molecule has 1 heterocycles. The Labute approximate surface area is 116 Å². The van der Waals surface area contributed by atoms with Crippen molar-refractivity contribution in [3.63, 3.8) is 0 Å². The average Bonchev–Trinajstić information content (AvgIpc) is 2.87. The molecule has 0 spiro atoms. The molecular formula is C14H13N3O3. The van der Waals surface area contributed by atoms with E-state index in [-0.39, 0.29) is 5.88 Å². The minimum atomic E-state index is -0.556. The SMILES string of the molecule is CN(Cc1cccc(C#N)c1)Cc1ccc([N+](=O)[O-])o1. The van der Waals surface area contributed by atoms with E-state index in [9.17, 15) is 10.1 Å². The summed E-state index contributed by atoms with van der Waals surface area (Å²) in [6.07, 6.45) is 0. The van der Waals surface area contributed by atoms with E-state index >= 15 is 0 Å². The summed E-state index contributed by atoms with van der Waals surface area (Å²) in [5.74, 6) is 0.288. The van der Waals surface area contributed by atoms with E-state index in [1.54, 1.807) is 12.1 Å². The second kappa shape index (κ2) is 5.99. The van der Waals surface area contributed by atoms with Gasteiger partial charge < -0.3 is 4.42 Å². The Hall–Kier alpha value is -2.65. The molecule has 0 bridgehead atoms. The van der Waals surface area contributed by atoms with Gasteiger partial charge in [-0.2, -0.15) is 5.26 Å². The molecule has 0 fully saturated rings. The number of nitrogens with zero attached hydrogens (tertiary/aromatic N) is 3. The second-order valence-corrected chi connectivity index (χ2v) is 4.48. The Morgan fingerprint density at radius 3 is 2.80 bits per heavy atom. The van der Waals surface area contributed by atoms with Crippen molar-refractivity contribution in [1.82, 2.24) is 4.90 Å². The lowest BCUT2D eigenvalue weighted by Crippen LogP contribution is -2.16. The molecule has 20 heavy (non-hydrogen) atoms. The van der Waals surface area contributed by atoms with E-state index in [2.05, 4.69) is 6.07 Å². The average molecular weight is 271 g/mol. The smallest absolute Gasteiger partial charge is 0.404 e. The number of nitro groups is 1. The van der Waals surface area contributed by atoms with E-state index < -0.39 is 4.92 Å². The number of hydrogen-bond donors (Lipinski definition) is 0. The predicted octanol–water partition coefficient (Wildman–Crippen LogP) is 2.69. The Balaban J connectivity index is 1.99. The molecule has 2 aromatic rings. The van der Waals surface area contributed by atoms with Crippen LogP contribution in [0.5, 0.6) is 0 Å². The fraction of sp³-hybridized carbons (Fsp3) is 0.214. The van der Waals surface area contributed by atoms with Gasteiger partial charge in [0.05, 0.1) is 24.2 Å². The number of hydrogen-bond acceptors (Lipinski definition) is 5. The van der Waals surface area contributed by atoms with Crippen LogP contribution in [-0.4, -0.2) is 16.9 Å². The van der Waals surface area contributed by atoms with Gasteiger partial charge in [-0.1, -0.05) is 12.1 Å². The van der Waals surface area contributed by atoms with Gasteiger partial charge >= 0.3 is 5.88 Å². The van der Waals surface area contributed by atoms with Gasteiger partial charge in [0.25, 0.3) is 0 Å². The maximum absolute atomic E-state index is 10.5. The zero-order valence-corrected chi connectivity index (χ0v) is 10.9. The zero-order valence-electron chi connectivity index (χ0n) is 10.9. The minimum Gasteiger partial charge on any atom is -0.404 e. The highest BCUT2D eigenvalue weighted by atomic mass is 16.6. The third-order valence-corrected chi connectivity index (χ3v) is 2.76. The standard InChI is InChI=1S/C14H13N3O3/c1-16(9-12-4-2-3-11(7-12)8-15)10-13-5-6-14(20-13)17(18)19/h2-7H,9-10H2,1H3. The number of rotatable bonds is 5.